The fourth-order valence-corrected chi connectivity index (χ4v) is 3.74. The first-order valence-corrected chi connectivity index (χ1v) is 8.63. The normalized spacial score (nSPS) is 12.2. The van der Waals surface area contributed by atoms with Crippen molar-refractivity contribution in [2.45, 2.75) is 17.2 Å². The second-order valence-electron chi connectivity index (χ2n) is 5.14. The lowest BCUT2D eigenvalue weighted by Gasteiger charge is -2.18. The summed E-state index contributed by atoms with van der Waals surface area (Å²) in [6, 6.07) is 12.2. The molecule has 7 heteroatoms. The van der Waals surface area contributed by atoms with E-state index in [4.69, 9.17) is 0 Å². The Bertz CT molecular complexity index is 826. The summed E-state index contributed by atoms with van der Waals surface area (Å²) in [5, 5.41) is 1.08. The number of ether oxygens (including phenoxy) is 1. The number of aryl methyl sites for hydroxylation is 1. The van der Waals surface area contributed by atoms with Crippen LogP contribution in [0, 0.1) is 6.92 Å². The van der Waals surface area contributed by atoms with Gasteiger partial charge in [0.2, 0.25) is 16.2 Å². The molecule has 1 N–H and O–H groups in total. The third-order valence-corrected chi connectivity index (χ3v) is 5.47. The monoisotopic (exact) mass is 347 g/mol. The van der Waals surface area contributed by atoms with Gasteiger partial charge in [0.1, 0.15) is 0 Å². The van der Waals surface area contributed by atoms with E-state index in [2.05, 4.69) is 10.1 Å². The minimum absolute atomic E-state index is 0.101. The molecule has 1 amide bonds. The van der Waals surface area contributed by atoms with E-state index < -0.39 is 21.2 Å². The zero-order chi connectivity index (χ0) is 17.7. The van der Waals surface area contributed by atoms with E-state index >= 15 is 0 Å². The molecule has 0 saturated heterocycles. The first-order valence-electron chi connectivity index (χ1n) is 7.08. The molecule has 1 unspecified atom stereocenters. The molecule has 2 aromatic carbocycles. The third-order valence-electron chi connectivity index (χ3n) is 3.51. The predicted molar refractivity (Wildman–Crippen MR) is 88.1 cm³/mol. The Labute approximate surface area is 140 Å². The van der Waals surface area contributed by atoms with E-state index in [0.29, 0.717) is 17.5 Å². The molecule has 0 aliphatic heterocycles. The van der Waals surface area contributed by atoms with Crippen molar-refractivity contribution < 1.29 is 22.7 Å². The van der Waals surface area contributed by atoms with E-state index in [9.17, 15) is 18.0 Å². The van der Waals surface area contributed by atoms with Gasteiger partial charge in [-0.15, -0.1) is 0 Å². The third kappa shape index (κ3) is 3.62. The van der Waals surface area contributed by atoms with Crippen molar-refractivity contribution >= 4 is 22.2 Å². The van der Waals surface area contributed by atoms with Crippen molar-refractivity contribution in [1.29, 1.82) is 0 Å². The molecular formula is C17H17NO5S. The molecule has 0 heterocycles. The number of carbonyl (C=O) groups is 2. The van der Waals surface area contributed by atoms with Crippen LogP contribution in [0.5, 0.6) is 0 Å². The number of methoxy groups -OCH3 is 1. The molecule has 126 valence electrons. The molecule has 6 nitrogen and oxygen atoms in total. The topological polar surface area (TPSA) is 89.5 Å². The van der Waals surface area contributed by atoms with Crippen molar-refractivity contribution in [3.8, 4) is 0 Å². The van der Waals surface area contributed by atoms with Crippen LogP contribution in [-0.4, -0.2) is 27.9 Å². The highest BCUT2D eigenvalue weighted by Crippen LogP contribution is 2.27. The Morgan fingerprint density at radius 1 is 1.08 bits per heavy atom. The average molecular weight is 347 g/mol. The molecule has 0 aromatic heterocycles. The van der Waals surface area contributed by atoms with Gasteiger partial charge in [-0.3, -0.25) is 4.79 Å². The summed E-state index contributed by atoms with van der Waals surface area (Å²) >= 11 is 0. The number of amides is 1. The maximum Gasteiger partial charge on any atom is 0.337 e. The molecule has 0 radical (unpaired) electrons. The van der Waals surface area contributed by atoms with Crippen LogP contribution in [0.4, 0.5) is 0 Å². The largest absolute Gasteiger partial charge is 0.465 e. The lowest BCUT2D eigenvalue weighted by atomic mass is 10.1. The summed E-state index contributed by atoms with van der Waals surface area (Å²) in [5.74, 6) is -0.525. The second kappa shape index (κ2) is 7.27. The molecule has 0 aliphatic carbocycles. The lowest BCUT2D eigenvalue weighted by molar-refractivity contribution is -0.109. The number of nitrogens with one attached hydrogen (secondary N) is 1. The molecule has 0 bridgehead atoms. The quantitative estimate of drug-likeness (QED) is 0.638. The van der Waals surface area contributed by atoms with Gasteiger partial charge >= 0.3 is 5.97 Å². The molecule has 1 atom stereocenters. The van der Waals surface area contributed by atoms with Crippen LogP contribution in [0.25, 0.3) is 0 Å². The van der Waals surface area contributed by atoms with Crippen LogP contribution in [0.2, 0.25) is 0 Å². The Kier molecular flexibility index (Phi) is 5.35. The smallest absolute Gasteiger partial charge is 0.337 e. The van der Waals surface area contributed by atoms with E-state index in [-0.39, 0.29) is 4.90 Å². The van der Waals surface area contributed by atoms with E-state index in [0.717, 1.165) is 5.56 Å². The molecule has 24 heavy (non-hydrogen) atoms. The molecule has 0 spiro atoms. The Morgan fingerprint density at radius 3 is 2.17 bits per heavy atom. The van der Waals surface area contributed by atoms with Crippen LogP contribution >= 0.6 is 0 Å². The number of benzene rings is 2. The maximum absolute atomic E-state index is 12.8. The Morgan fingerprint density at radius 2 is 1.67 bits per heavy atom. The van der Waals surface area contributed by atoms with Gasteiger partial charge in [0.05, 0.1) is 17.6 Å². The van der Waals surface area contributed by atoms with Crippen LogP contribution in [0.1, 0.15) is 26.9 Å². The molecular weight excluding hydrogens is 330 g/mol. The fourth-order valence-electron chi connectivity index (χ4n) is 2.20. The molecule has 2 rings (SSSR count). The second-order valence-corrected chi connectivity index (χ2v) is 7.17. The number of sulfone groups is 1. The molecule has 0 fully saturated rings. The standard InChI is InChI=1S/C17H17NO5S/c1-12-3-9-15(10-4-12)24(21,22)16(18-11-19)13-5-7-14(8-6-13)17(20)23-2/h3-11,16H,1-2H3,(H,18,19). The maximum atomic E-state index is 12.8. The van der Waals surface area contributed by atoms with Crippen molar-refractivity contribution in [1.82, 2.24) is 5.32 Å². The number of esters is 1. The molecule has 0 aliphatic rings. The van der Waals surface area contributed by atoms with Gasteiger partial charge in [0, 0.05) is 0 Å². The SMILES string of the molecule is COC(=O)c1ccc(C(NC=O)S(=O)(=O)c2ccc(C)cc2)cc1. The minimum atomic E-state index is -3.83. The highest BCUT2D eigenvalue weighted by atomic mass is 32.2. The highest BCUT2D eigenvalue weighted by Gasteiger charge is 2.28. The van der Waals surface area contributed by atoms with E-state index in [1.54, 1.807) is 12.1 Å². The van der Waals surface area contributed by atoms with Gasteiger partial charge in [-0.25, -0.2) is 13.2 Å². The van der Waals surface area contributed by atoms with Gasteiger partial charge in [0.15, 0.2) is 5.37 Å². The molecule has 2 aromatic rings. The summed E-state index contributed by atoms with van der Waals surface area (Å²) < 4.78 is 30.2. The first-order chi connectivity index (χ1) is 11.4. The zero-order valence-corrected chi connectivity index (χ0v) is 14.0. The lowest BCUT2D eigenvalue weighted by Crippen LogP contribution is -2.28. The van der Waals surface area contributed by atoms with Gasteiger partial charge in [-0.05, 0) is 36.8 Å². The summed E-state index contributed by atoms with van der Waals surface area (Å²) in [6.45, 7) is 1.85. The summed E-state index contributed by atoms with van der Waals surface area (Å²) in [7, 11) is -2.57. The van der Waals surface area contributed by atoms with Gasteiger partial charge in [-0.1, -0.05) is 29.8 Å². The summed E-state index contributed by atoms with van der Waals surface area (Å²) in [4.78, 5) is 22.5. The number of rotatable bonds is 6. The van der Waals surface area contributed by atoms with Crippen LogP contribution in [0.15, 0.2) is 53.4 Å². The Balaban J connectivity index is 2.43. The number of hydrogen-bond donors (Lipinski definition) is 1. The predicted octanol–water partition coefficient (Wildman–Crippen LogP) is 2.00. The van der Waals surface area contributed by atoms with Gasteiger partial charge < -0.3 is 10.1 Å². The Hall–Kier alpha value is -2.67. The van der Waals surface area contributed by atoms with Crippen LogP contribution in [-0.2, 0) is 19.4 Å². The van der Waals surface area contributed by atoms with Crippen molar-refractivity contribution in [3.05, 3.63) is 65.2 Å². The van der Waals surface area contributed by atoms with Crippen molar-refractivity contribution in [2.75, 3.05) is 7.11 Å². The van der Waals surface area contributed by atoms with Crippen molar-refractivity contribution in [2.24, 2.45) is 0 Å². The highest BCUT2D eigenvalue weighted by molar-refractivity contribution is 7.91. The van der Waals surface area contributed by atoms with E-state index in [1.165, 1.54) is 43.5 Å². The first kappa shape index (κ1) is 17.7. The van der Waals surface area contributed by atoms with Gasteiger partial charge in [-0.2, -0.15) is 0 Å². The van der Waals surface area contributed by atoms with Crippen LogP contribution in [0.3, 0.4) is 0 Å². The number of carbonyl (C=O) groups excluding carboxylic acids is 2. The number of hydrogen-bond acceptors (Lipinski definition) is 5. The molecule has 0 saturated carbocycles. The van der Waals surface area contributed by atoms with Crippen LogP contribution < -0.4 is 5.32 Å². The average Bonchev–Trinajstić information content (AvgIpc) is 2.59. The summed E-state index contributed by atoms with van der Waals surface area (Å²) in [5.41, 5.74) is 1.56. The zero-order valence-electron chi connectivity index (χ0n) is 13.2. The van der Waals surface area contributed by atoms with Gasteiger partial charge in [0.25, 0.3) is 0 Å². The minimum Gasteiger partial charge on any atom is -0.465 e. The fraction of sp³-hybridized carbons (Fsp3) is 0.176. The van der Waals surface area contributed by atoms with E-state index in [1.807, 2.05) is 6.92 Å². The van der Waals surface area contributed by atoms with Crippen molar-refractivity contribution in [3.63, 3.8) is 0 Å². The summed E-state index contributed by atoms with van der Waals surface area (Å²) in [6.07, 6.45) is 0.338.